The van der Waals surface area contributed by atoms with Gasteiger partial charge >= 0.3 is 10.3 Å². The molecule has 4 rings (SSSR count). The van der Waals surface area contributed by atoms with E-state index in [4.69, 9.17) is 4.55 Å². The van der Waals surface area contributed by atoms with Gasteiger partial charge in [-0.15, -0.1) is 6.58 Å². The summed E-state index contributed by atoms with van der Waals surface area (Å²) in [6.45, 7) is 6.51. The maximum absolute atomic E-state index is 11.1. The van der Waals surface area contributed by atoms with Gasteiger partial charge in [0.05, 0.1) is 11.8 Å². The second-order valence-electron chi connectivity index (χ2n) is 8.69. The Bertz CT molecular complexity index is 851. The van der Waals surface area contributed by atoms with Gasteiger partial charge in [0.15, 0.2) is 0 Å². The summed E-state index contributed by atoms with van der Waals surface area (Å²) in [6, 6.07) is 5.55. The first kappa shape index (κ1) is 18.0. The minimum absolute atomic E-state index is 0.113. The van der Waals surface area contributed by atoms with Gasteiger partial charge in [0, 0.05) is 5.41 Å². The Labute approximate surface area is 155 Å². The van der Waals surface area contributed by atoms with E-state index < -0.39 is 10.3 Å². The van der Waals surface area contributed by atoms with Crippen LogP contribution < -0.4 is 4.72 Å². The zero-order valence-corrected chi connectivity index (χ0v) is 15.9. The molecule has 5 atom stereocenters. The lowest BCUT2D eigenvalue weighted by atomic mass is 9.49. The number of rotatable bonds is 3. The first-order valence-corrected chi connectivity index (χ1v) is 10.8. The summed E-state index contributed by atoms with van der Waals surface area (Å²) in [7, 11) is -4.27. The van der Waals surface area contributed by atoms with Crippen molar-refractivity contribution in [3.8, 4) is 0 Å². The first-order chi connectivity index (χ1) is 12.2. The SMILES string of the molecule is C=CC12CC[C@]3(C)CC(O)CC3C1CCc1cc(NS(=O)(=O)O)ccc12. The van der Waals surface area contributed by atoms with E-state index in [0.29, 0.717) is 17.5 Å². The van der Waals surface area contributed by atoms with Crippen LogP contribution in [0, 0.1) is 17.3 Å². The molecule has 2 fully saturated rings. The van der Waals surface area contributed by atoms with Crippen LogP contribution in [0.15, 0.2) is 30.9 Å². The molecule has 0 amide bonds. The monoisotopic (exact) mass is 377 g/mol. The highest BCUT2D eigenvalue weighted by atomic mass is 32.2. The lowest BCUT2D eigenvalue weighted by Crippen LogP contribution is -2.49. The number of fused-ring (bicyclic) bond motifs is 5. The molecule has 0 bridgehead atoms. The smallest absolute Gasteiger partial charge is 0.357 e. The fourth-order valence-corrected chi connectivity index (χ4v) is 6.68. The van der Waals surface area contributed by atoms with Crippen molar-refractivity contribution < 1.29 is 18.1 Å². The van der Waals surface area contributed by atoms with Crippen molar-refractivity contribution in [1.82, 2.24) is 0 Å². The highest BCUT2D eigenvalue weighted by Gasteiger charge is 2.57. The van der Waals surface area contributed by atoms with Crippen LogP contribution in [-0.2, 0) is 22.1 Å². The molecule has 0 heterocycles. The number of aryl methyl sites for hydroxylation is 1. The number of aliphatic hydroxyl groups is 1. The average Bonchev–Trinajstić information content (AvgIpc) is 2.86. The molecule has 1 aromatic carbocycles. The summed E-state index contributed by atoms with van der Waals surface area (Å²) in [5.41, 5.74) is 2.84. The molecule has 6 heteroatoms. The van der Waals surface area contributed by atoms with E-state index >= 15 is 0 Å². The lowest BCUT2D eigenvalue weighted by Gasteiger charge is -2.55. The van der Waals surface area contributed by atoms with Gasteiger partial charge in [0.25, 0.3) is 0 Å². The lowest BCUT2D eigenvalue weighted by molar-refractivity contribution is 0.0277. The van der Waals surface area contributed by atoms with Crippen LogP contribution in [0.25, 0.3) is 0 Å². The number of hydrogen-bond donors (Lipinski definition) is 3. The summed E-state index contributed by atoms with van der Waals surface area (Å²) in [4.78, 5) is 0. The van der Waals surface area contributed by atoms with Crippen molar-refractivity contribution in [1.29, 1.82) is 0 Å². The molecule has 5 nitrogen and oxygen atoms in total. The molecule has 0 radical (unpaired) electrons. The fraction of sp³-hybridized carbons (Fsp3) is 0.600. The third kappa shape index (κ3) is 2.70. The van der Waals surface area contributed by atoms with Crippen LogP contribution in [0.3, 0.4) is 0 Å². The largest absolute Gasteiger partial charge is 0.393 e. The predicted molar refractivity (Wildman–Crippen MR) is 101 cm³/mol. The molecule has 2 saturated carbocycles. The Morgan fingerprint density at radius 1 is 1.31 bits per heavy atom. The number of nitrogens with one attached hydrogen (secondary N) is 1. The van der Waals surface area contributed by atoms with Gasteiger partial charge in [-0.3, -0.25) is 9.27 Å². The number of aliphatic hydroxyl groups excluding tert-OH is 1. The third-order valence-corrected chi connectivity index (χ3v) is 7.82. The van der Waals surface area contributed by atoms with E-state index in [9.17, 15) is 13.5 Å². The Morgan fingerprint density at radius 3 is 2.77 bits per heavy atom. The van der Waals surface area contributed by atoms with E-state index in [1.54, 1.807) is 6.07 Å². The van der Waals surface area contributed by atoms with Crippen molar-refractivity contribution in [2.75, 3.05) is 4.72 Å². The Balaban J connectivity index is 1.75. The molecule has 26 heavy (non-hydrogen) atoms. The van der Waals surface area contributed by atoms with E-state index in [1.807, 2.05) is 12.1 Å². The van der Waals surface area contributed by atoms with Crippen molar-refractivity contribution in [2.24, 2.45) is 17.3 Å². The Morgan fingerprint density at radius 2 is 2.08 bits per heavy atom. The zero-order valence-electron chi connectivity index (χ0n) is 15.1. The highest BCUT2D eigenvalue weighted by Crippen LogP contribution is 2.63. The van der Waals surface area contributed by atoms with E-state index in [2.05, 4.69) is 24.3 Å². The molecular formula is C20H27NO4S. The molecular weight excluding hydrogens is 350 g/mol. The molecule has 0 spiro atoms. The number of benzene rings is 1. The van der Waals surface area contributed by atoms with Crippen LogP contribution in [0.5, 0.6) is 0 Å². The van der Waals surface area contributed by atoms with Crippen LogP contribution >= 0.6 is 0 Å². The molecule has 3 N–H and O–H groups in total. The third-order valence-electron chi connectivity index (χ3n) is 7.32. The van der Waals surface area contributed by atoms with Gasteiger partial charge in [-0.25, -0.2) is 0 Å². The van der Waals surface area contributed by atoms with Crippen molar-refractivity contribution in [2.45, 2.75) is 57.0 Å². The molecule has 142 valence electrons. The van der Waals surface area contributed by atoms with Gasteiger partial charge in [0.1, 0.15) is 0 Å². The minimum Gasteiger partial charge on any atom is -0.393 e. The molecule has 1 aromatic rings. The topological polar surface area (TPSA) is 86.6 Å². The summed E-state index contributed by atoms with van der Waals surface area (Å²) in [6.07, 6.45) is 7.63. The van der Waals surface area contributed by atoms with Gasteiger partial charge in [-0.05, 0) is 79.0 Å². The van der Waals surface area contributed by atoms with Crippen molar-refractivity contribution in [3.63, 3.8) is 0 Å². The summed E-state index contributed by atoms with van der Waals surface area (Å²) < 4.78 is 33.4. The molecule has 0 saturated heterocycles. The predicted octanol–water partition coefficient (Wildman–Crippen LogP) is 3.46. The second kappa shape index (κ2) is 5.81. The quantitative estimate of drug-likeness (QED) is 0.556. The Kier molecular flexibility index (Phi) is 4.03. The van der Waals surface area contributed by atoms with Crippen LogP contribution in [0.2, 0.25) is 0 Å². The van der Waals surface area contributed by atoms with Gasteiger partial charge < -0.3 is 5.11 Å². The molecule has 3 aliphatic carbocycles. The summed E-state index contributed by atoms with van der Waals surface area (Å²) in [5, 5.41) is 10.3. The Hall–Kier alpha value is -1.37. The van der Waals surface area contributed by atoms with Crippen LogP contribution in [-0.4, -0.2) is 24.2 Å². The summed E-state index contributed by atoms with van der Waals surface area (Å²) >= 11 is 0. The first-order valence-electron chi connectivity index (χ1n) is 9.37. The number of hydrogen-bond acceptors (Lipinski definition) is 3. The molecule has 0 aromatic heterocycles. The van der Waals surface area contributed by atoms with Crippen molar-refractivity contribution >= 4 is 16.0 Å². The van der Waals surface area contributed by atoms with E-state index in [-0.39, 0.29) is 16.9 Å². The number of allylic oxidation sites excluding steroid dienone is 1. The van der Waals surface area contributed by atoms with Gasteiger partial charge in [-0.2, -0.15) is 8.42 Å². The summed E-state index contributed by atoms with van der Waals surface area (Å²) in [5.74, 6) is 0.955. The minimum atomic E-state index is -4.27. The zero-order chi connectivity index (χ0) is 18.7. The van der Waals surface area contributed by atoms with E-state index in [0.717, 1.165) is 44.1 Å². The second-order valence-corrected chi connectivity index (χ2v) is 9.85. The van der Waals surface area contributed by atoms with Gasteiger partial charge in [-0.1, -0.05) is 19.1 Å². The maximum Gasteiger partial charge on any atom is 0.357 e. The molecule has 3 aliphatic rings. The highest BCUT2D eigenvalue weighted by molar-refractivity contribution is 7.87. The van der Waals surface area contributed by atoms with E-state index in [1.165, 1.54) is 5.56 Å². The van der Waals surface area contributed by atoms with Crippen LogP contribution in [0.4, 0.5) is 5.69 Å². The average molecular weight is 378 g/mol. The maximum atomic E-state index is 11.1. The van der Waals surface area contributed by atoms with Crippen LogP contribution in [0.1, 0.15) is 50.2 Å². The fourth-order valence-electron chi connectivity index (χ4n) is 6.26. The normalized spacial score (nSPS) is 38.8. The molecule has 0 aliphatic heterocycles. The van der Waals surface area contributed by atoms with Gasteiger partial charge in [0.2, 0.25) is 0 Å². The number of anilines is 1. The molecule has 4 unspecified atom stereocenters. The van der Waals surface area contributed by atoms with Crippen molar-refractivity contribution in [3.05, 3.63) is 42.0 Å². The standard InChI is InChI=1S/C20H27NO4S/c1-3-20-9-8-19(2)12-15(22)11-18(19)17(20)6-4-13-10-14(5-7-16(13)20)21-26(23,24)25/h3,5,7,10,15,17-18,21-22H,1,4,6,8-9,11-12H2,2H3,(H,23,24,25)/t15?,17?,18?,19-,20?/m1/s1.